The fraction of sp³-hybridized carbons (Fsp3) is 0. The molecule has 0 saturated carbocycles. The number of nitrogens with two attached hydrogens (primary N) is 2. The zero-order valence-electron chi connectivity index (χ0n) is 11.0. The molecular formula is C12H11IN4O5. The summed E-state index contributed by atoms with van der Waals surface area (Å²) in [7, 11) is 0. The third-order valence-electron chi connectivity index (χ3n) is 2.40. The largest absolute Gasteiger partial charge is 0.508 e. The normalized spacial score (nSPS) is 9.50. The van der Waals surface area contributed by atoms with Crippen molar-refractivity contribution >= 4 is 45.3 Å². The van der Waals surface area contributed by atoms with Crippen molar-refractivity contribution in [1.29, 1.82) is 0 Å². The van der Waals surface area contributed by atoms with Gasteiger partial charge in [-0.15, -0.1) is 0 Å². The van der Waals surface area contributed by atoms with E-state index in [0.717, 1.165) is 9.64 Å². The average molecular weight is 418 g/mol. The van der Waals surface area contributed by atoms with Gasteiger partial charge in [-0.2, -0.15) is 0 Å². The van der Waals surface area contributed by atoms with E-state index in [0.29, 0.717) is 0 Å². The lowest BCUT2D eigenvalue weighted by molar-refractivity contribution is -0.384. The molecule has 0 heterocycles. The molecule has 0 atom stereocenters. The molecule has 2 rings (SSSR count). The predicted molar refractivity (Wildman–Crippen MR) is 89.4 cm³/mol. The van der Waals surface area contributed by atoms with Gasteiger partial charge in [-0.25, -0.2) is 0 Å². The van der Waals surface area contributed by atoms with Crippen LogP contribution < -0.4 is 11.5 Å². The highest BCUT2D eigenvalue weighted by atomic mass is 127. The number of nitrogen functional groups attached to an aromatic ring is 2. The summed E-state index contributed by atoms with van der Waals surface area (Å²) in [5.74, 6) is -0.161. The number of nitro groups is 2. The minimum Gasteiger partial charge on any atom is -0.508 e. The SMILES string of the molecule is Nc1ccc(I)cc1[N+](=O)[O-].Nc1ccc(O)cc1[N+](=O)[O-]. The molecular weight excluding hydrogens is 407 g/mol. The van der Waals surface area contributed by atoms with Gasteiger partial charge in [-0.1, -0.05) is 0 Å². The second-order valence-electron chi connectivity index (χ2n) is 3.96. The number of nitrogens with zero attached hydrogens (tertiary/aromatic N) is 2. The minimum absolute atomic E-state index is 0.0306. The highest BCUT2D eigenvalue weighted by Crippen LogP contribution is 2.25. The molecule has 116 valence electrons. The number of halogens is 1. The molecule has 0 radical (unpaired) electrons. The maximum absolute atomic E-state index is 10.3. The lowest BCUT2D eigenvalue weighted by Crippen LogP contribution is -1.95. The number of anilines is 2. The molecule has 0 bridgehead atoms. The Balaban J connectivity index is 0.000000220. The fourth-order valence-corrected chi connectivity index (χ4v) is 1.84. The Morgan fingerprint density at radius 1 is 0.909 bits per heavy atom. The predicted octanol–water partition coefficient (Wildman–Crippen LogP) is 2.66. The molecule has 22 heavy (non-hydrogen) atoms. The average Bonchev–Trinajstić information content (AvgIpc) is 2.44. The van der Waals surface area contributed by atoms with Crippen LogP contribution in [0.15, 0.2) is 36.4 Å². The number of hydrogen-bond donors (Lipinski definition) is 3. The van der Waals surface area contributed by atoms with Crippen molar-refractivity contribution in [2.45, 2.75) is 0 Å². The van der Waals surface area contributed by atoms with Crippen LogP contribution in [0.3, 0.4) is 0 Å². The third kappa shape index (κ3) is 4.73. The van der Waals surface area contributed by atoms with Gasteiger partial charge >= 0.3 is 0 Å². The van der Waals surface area contributed by atoms with E-state index >= 15 is 0 Å². The summed E-state index contributed by atoms with van der Waals surface area (Å²) >= 11 is 2.00. The van der Waals surface area contributed by atoms with Crippen LogP contribution >= 0.6 is 22.6 Å². The van der Waals surface area contributed by atoms with Crippen molar-refractivity contribution < 1.29 is 15.0 Å². The zero-order valence-corrected chi connectivity index (χ0v) is 13.1. The van der Waals surface area contributed by atoms with Crippen molar-refractivity contribution in [3.63, 3.8) is 0 Å². The van der Waals surface area contributed by atoms with Gasteiger partial charge in [-0.3, -0.25) is 20.2 Å². The van der Waals surface area contributed by atoms with Gasteiger partial charge < -0.3 is 16.6 Å². The highest BCUT2D eigenvalue weighted by Gasteiger charge is 2.11. The summed E-state index contributed by atoms with van der Waals surface area (Å²) in [6, 6.07) is 8.28. The third-order valence-corrected chi connectivity index (χ3v) is 3.07. The van der Waals surface area contributed by atoms with Gasteiger partial charge in [0.05, 0.1) is 15.9 Å². The molecule has 0 saturated heterocycles. The Labute approximate surface area is 138 Å². The van der Waals surface area contributed by atoms with Crippen LogP contribution in [0.2, 0.25) is 0 Å². The van der Waals surface area contributed by atoms with Crippen LogP contribution in [0.5, 0.6) is 5.75 Å². The first kappa shape index (κ1) is 17.4. The lowest BCUT2D eigenvalue weighted by atomic mass is 10.2. The summed E-state index contributed by atoms with van der Waals surface area (Å²) in [5, 5.41) is 29.3. The monoisotopic (exact) mass is 418 g/mol. The summed E-state index contributed by atoms with van der Waals surface area (Å²) in [4.78, 5) is 19.4. The molecule has 9 nitrogen and oxygen atoms in total. The van der Waals surface area contributed by atoms with Crippen LogP contribution in [0.1, 0.15) is 0 Å². The van der Waals surface area contributed by atoms with Gasteiger partial charge in [0, 0.05) is 9.64 Å². The number of nitro benzene ring substituents is 2. The number of benzene rings is 2. The van der Waals surface area contributed by atoms with Crippen molar-refractivity contribution in [3.05, 3.63) is 60.2 Å². The topological polar surface area (TPSA) is 159 Å². The number of phenols is 1. The van der Waals surface area contributed by atoms with Gasteiger partial charge in [0.15, 0.2) is 0 Å². The Bertz CT molecular complexity index is 661. The first-order valence-corrected chi connectivity index (χ1v) is 6.72. The molecule has 0 aliphatic heterocycles. The number of rotatable bonds is 2. The Hall–Kier alpha value is -2.63. The second kappa shape index (κ2) is 7.40. The minimum atomic E-state index is -0.644. The Kier molecular flexibility index (Phi) is 5.86. The fourth-order valence-electron chi connectivity index (χ4n) is 1.37. The van der Waals surface area contributed by atoms with E-state index in [1.807, 2.05) is 22.6 Å². The standard InChI is InChI=1S/C6H5IN2O2.C6H6N2O3/c7-4-1-2-5(8)6(3-4)9(10)11;7-5-2-1-4(9)3-6(5)8(10)11/h1-3H,8H2;1-3,9H,7H2. The van der Waals surface area contributed by atoms with Gasteiger partial charge in [-0.05, 0) is 46.9 Å². The van der Waals surface area contributed by atoms with Crippen LogP contribution in [-0.2, 0) is 0 Å². The Morgan fingerprint density at radius 2 is 1.36 bits per heavy atom. The number of hydrogen-bond acceptors (Lipinski definition) is 7. The first-order valence-electron chi connectivity index (χ1n) is 5.64. The maximum Gasteiger partial charge on any atom is 0.295 e. The summed E-state index contributed by atoms with van der Waals surface area (Å²) < 4.78 is 0.809. The molecule has 0 fully saturated rings. The summed E-state index contributed by atoms with van der Waals surface area (Å²) in [6.07, 6.45) is 0. The van der Waals surface area contributed by atoms with Crippen molar-refractivity contribution in [2.24, 2.45) is 0 Å². The quantitative estimate of drug-likeness (QED) is 0.222. The van der Waals surface area contributed by atoms with E-state index in [9.17, 15) is 20.2 Å². The molecule has 0 aromatic heterocycles. The van der Waals surface area contributed by atoms with Gasteiger partial charge in [0.1, 0.15) is 17.1 Å². The maximum atomic E-state index is 10.3. The molecule has 0 amide bonds. The highest BCUT2D eigenvalue weighted by molar-refractivity contribution is 14.1. The summed E-state index contributed by atoms with van der Waals surface area (Å²) in [6.45, 7) is 0. The summed E-state index contributed by atoms with van der Waals surface area (Å²) in [5.41, 5.74) is 10.5. The molecule has 0 aliphatic carbocycles. The van der Waals surface area contributed by atoms with E-state index in [-0.39, 0.29) is 28.5 Å². The molecule has 0 aliphatic rings. The molecule has 2 aromatic carbocycles. The van der Waals surface area contributed by atoms with Gasteiger partial charge in [0.25, 0.3) is 11.4 Å². The molecule has 5 N–H and O–H groups in total. The molecule has 10 heteroatoms. The van der Waals surface area contributed by atoms with Crippen LogP contribution in [-0.4, -0.2) is 15.0 Å². The van der Waals surface area contributed by atoms with Crippen molar-refractivity contribution in [1.82, 2.24) is 0 Å². The van der Waals surface area contributed by atoms with E-state index in [1.54, 1.807) is 6.07 Å². The molecule has 0 spiro atoms. The second-order valence-corrected chi connectivity index (χ2v) is 5.21. The van der Waals surface area contributed by atoms with Gasteiger partial charge in [0.2, 0.25) is 0 Å². The van der Waals surface area contributed by atoms with Crippen LogP contribution in [0, 0.1) is 23.8 Å². The number of phenolic OH excluding ortho intramolecular Hbond substituents is 1. The van der Waals surface area contributed by atoms with E-state index in [2.05, 4.69) is 0 Å². The van der Waals surface area contributed by atoms with Crippen molar-refractivity contribution in [3.8, 4) is 5.75 Å². The van der Waals surface area contributed by atoms with Crippen LogP contribution in [0.4, 0.5) is 22.7 Å². The lowest BCUT2D eigenvalue weighted by Gasteiger charge is -1.95. The van der Waals surface area contributed by atoms with Crippen molar-refractivity contribution in [2.75, 3.05) is 11.5 Å². The molecule has 0 unspecified atom stereocenters. The molecule has 2 aromatic rings. The van der Waals surface area contributed by atoms with E-state index in [1.165, 1.54) is 24.3 Å². The zero-order chi connectivity index (χ0) is 16.9. The smallest absolute Gasteiger partial charge is 0.295 e. The van der Waals surface area contributed by atoms with E-state index in [4.69, 9.17) is 16.6 Å². The first-order chi connectivity index (χ1) is 10.2. The van der Waals surface area contributed by atoms with E-state index < -0.39 is 9.85 Å². The van der Waals surface area contributed by atoms with Crippen LogP contribution in [0.25, 0.3) is 0 Å². The number of aromatic hydroxyl groups is 1. The Morgan fingerprint density at radius 3 is 1.77 bits per heavy atom.